The predicted molar refractivity (Wildman–Crippen MR) is 71.6 cm³/mol. The Kier molecular flexibility index (Phi) is 3.03. The fraction of sp³-hybridized carbons (Fsp3) is 0.231. The van der Waals surface area contributed by atoms with Gasteiger partial charge in [0.1, 0.15) is 5.75 Å². The van der Waals surface area contributed by atoms with Gasteiger partial charge in [0.15, 0.2) is 6.79 Å². The fourth-order valence-corrected chi connectivity index (χ4v) is 2.20. The molecule has 7 nitrogen and oxygen atoms in total. The predicted octanol–water partition coefficient (Wildman–Crippen LogP) is 0.0336. The Labute approximate surface area is 113 Å². The Morgan fingerprint density at radius 3 is 3.00 bits per heavy atom. The second kappa shape index (κ2) is 4.86. The highest BCUT2D eigenvalue weighted by Crippen LogP contribution is 2.31. The standard InChI is InChI=1S/C13H13N3O4/c14-10-3-8(12-9(4-10)6-19-7-20-12)5-16-2-1-11(17)15-13(16)18/h1-4H,5-7,14H2,(H,15,17,18). The topological polar surface area (TPSA) is 99.3 Å². The van der Waals surface area contributed by atoms with Gasteiger partial charge in [0.2, 0.25) is 0 Å². The Bertz CT molecular complexity index is 763. The second-order valence-corrected chi connectivity index (χ2v) is 4.52. The molecule has 1 aromatic carbocycles. The summed E-state index contributed by atoms with van der Waals surface area (Å²) >= 11 is 0. The molecule has 7 heteroatoms. The van der Waals surface area contributed by atoms with E-state index in [1.54, 1.807) is 12.1 Å². The van der Waals surface area contributed by atoms with Crippen LogP contribution in [0.25, 0.3) is 0 Å². The van der Waals surface area contributed by atoms with Crippen LogP contribution in [0.3, 0.4) is 0 Å². The maximum absolute atomic E-state index is 11.7. The van der Waals surface area contributed by atoms with Gasteiger partial charge in [0, 0.05) is 29.1 Å². The number of rotatable bonds is 2. The Morgan fingerprint density at radius 2 is 2.20 bits per heavy atom. The van der Waals surface area contributed by atoms with Crippen molar-refractivity contribution in [1.82, 2.24) is 9.55 Å². The molecule has 0 saturated heterocycles. The monoisotopic (exact) mass is 275 g/mol. The molecule has 0 atom stereocenters. The first kappa shape index (κ1) is 12.5. The van der Waals surface area contributed by atoms with Gasteiger partial charge < -0.3 is 15.2 Å². The summed E-state index contributed by atoms with van der Waals surface area (Å²) in [5.74, 6) is 0.684. The number of nitrogens with zero attached hydrogens (tertiary/aromatic N) is 1. The highest BCUT2D eigenvalue weighted by atomic mass is 16.7. The maximum Gasteiger partial charge on any atom is 0.328 e. The van der Waals surface area contributed by atoms with E-state index in [0.29, 0.717) is 18.0 Å². The number of benzene rings is 1. The summed E-state index contributed by atoms with van der Waals surface area (Å²) in [7, 11) is 0. The zero-order valence-electron chi connectivity index (χ0n) is 10.6. The quantitative estimate of drug-likeness (QED) is 0.753. The number of nitrogens with two attached hydrogens (primary N) is 1. The van der Waals surface area contributed by atoms with E-state index >= 15 is 0 Å². The van der Waals surface area contributed by atoms with Crippen molar-refractivity contribution in [2.45, 2.75) is 13.2 Å². The van der Waals surface area contributed by atoms with Crippen LogP contribution in [-0.4, -0.2) is 16.3 Å². The van der Waals surface area contributed by atoms with E-state index in [-0.39, 0.29) is 13.3 Å². The molecule has 0 aliphatic carbocycles. The van der Waals surface area contributed by atoms with E-state index in [2.05, 4.69) is 4.98 Å². The number of nitrogens with one attached hydrogen (secondary N) is 1. The maximum atomic E-state index is 11.7. The Morgan fingerprint density at radius 1 is 1.35 bits per heavy atom. The van der Waals surface area contributed by atoms with Crippen molar-refractivity contribution in [2.24, 2.45) is 0 Å². The molecule has 20 heavy (non-hydrogen) atoms. The van der Waals surface area contributed by atoms with Gasteiger partial charge in [0.25, 0.3) is 5.56 Å². The molecule has 0 spiro atoms. The third kappa shape index (κ3) is 2.30. The van der Waals surface area contributed by atoms with Crippen LogP contribution in [0.1, 0.15) is 11.1 Å². The minimum absolute atomic E-state index is 0.171. The first-order valence-electron chi connectivity index (χ1n) is 6.05. The molecule has 1 aromatic heterocycles. The van der Waals surface area contributed by atoms with Crippen molar-refractivity contribution in [2.75, 3.05) is 12.5 Å². The van der Waals surface area contributed by atoms with Crippen molar-refractivity contribution in [3.05, 3.63) is 56.4 Å². The minimum Gasteiger partial charge on any atom is -0.467 e. The third-order valence-electron chi connectivity index (χ3n) is 3.05. The molecule has 3 N–H and O–H groups in total. The van der Waals surface area contributed by atoms with Gasteiger partial charge in [-0.15, -0.1) is 0 Å². The van der Waals surface area contributed by atoms with Gasteiger partial charge >= 0.3 is 5.69 Å². The lowest BCUT2D eigenvalue weighted by molar-refractivity contribution is -0.0170. The van der Waals surface area contributed by atoms with Crippen molar-refractivity contribution < 1.29 is 9.47 Å². The number of fused-ring (bicyclic) bond motifs is 1. The summed E-state index contributed by atoms with van der Waals surface area (Å²) in [5.41, 5.74) is 7.15. The molecule has 0 bridgehead atoms. The Balaban J connectivity index is 2.04. The number of aromatic nitrogens is 2. The largest absolute Gasteiger partial charge is 0.467 e. The summed E-state index contributed by atoms with van der Waals surface area (Å²) < 4.78 is 12.1. The van der Waals surface area contributed by atoms with Crippen LogP contribution in [0, 0.1) is 0 Å². The van der Waals surface area contributed by atoms with E-state index in [4.69, 9.17) is 15.2 Å². The molecule has 0 radical (unpaired) electrons. The average Bonchev–Trinajstić information content (AvgIpc) is 2.41. The van der Waals surface area contributed by atoms with Crippen LogP contribution < -0.4 is 21.7 Å². The van der Waals surface area contributed by atoms with Crippen LogP contribution in [0.2, 0.25) is 0 Å². The summed E-state index contributed by atoms with van der Waals surface area (Å²) in [5, 5.41) is 0. The molecule has 3 rings (SSSR count). The molecule has 1 aliphatic heterocycles. The van der Waals surface area contributed by atoms with Crippen molar-refractivity contribution in [3.63, 3.8) is 0 Å². The molecular weight excluding hydrogens is 262 g/mol. The first-order chi connectivity index (χ1) is 9.63. The number of nitrogen functional groups attached to an aromatic ring is 1. The van der Waals surface area contributed by atoms with E-state index in [9.17, 15) is 9.59 Å². The minimum atomic E-state index is -0.472. The highest BCUT2D eigenvalue weighted by molar-refractivity contribution is 5.53. The van der Waals surface area contributed by atoms with Gasteiger partial charge in [-0.25, -0.2) is 4.79 Å². The highest BCUT2D eigenvalue weighted by Gasteiger charge is 2.16. The normalized spacial score (nSPS) is 13.6. The van der Waals surface area contributed by atoms with Gasteiger partial charge in [-0.3, -0.25) is 14.3 Å². The Hall–Kier alpha value is -2.54. The molecule has 0 unspecified atom stereocenters. The van der Waals surface area contributed by atoms with Gasteiger partial charge in [0.05, 0.1) is 13.2 Å². The third-order valence-corrected chi connectivity index (χ3v) is 3.05. The van der Waals surface area contributed by atoms with Crippen molar-refractivity contribution in [3.8, 4) is 5.75 Å². The van der Waals surface area contributed by atoms with Gasteiger partial charge in [-0.2, -0.15) is 0 Å². The number of H-pyrrole nitrogens is 1. The van der Waals surface area contributed by atoms with Crippen LogP contribution in [-0.2, 0) is 17.9 Å². The van der Waals surface area contributed by atoms with Crippen molar-refractivity contribution >= 4 is 5.69 Å². The van der Waals surface area contributed by atoms with Crippen LogP contribution in [0.4, 0.5) is 5.69 Å². The number of hydrogen-bond donors (Lipinski definition) is 2. The van der Waals surface area contributed by atoms with E-state index in [1.165, 1.54) is 16.8 Å². The lowest BCUT2D eigenvalue weighted by atomic mass is 10.1. The van der Waals surface area contributed by atoms with Gasteiger partial charge in [-0.05, 0) is 12.1 Å². The fourth-order valence-electron chi connectivity index (χ4n) is 2.20. The zero-order valence-corrected chi connectivity index (χ0v) is 10.6. The molecule has 2 aromatic rings. The summed E-state index contributed by atoms with van der Waals surface area (Å²) in [4.78, 5) is 25.0. The lowest BCUT2D eigenvalue weighted by Crippen LogP contribution is -2.29. The molecule has 104 valence electrons. The summed E-state index contributed by atoms with van der Waals surface area (Å²) in [6, 6.07) is 4.83. The van der Waals surface area contributed by atoms with E-state index < -0.39 is 11.2 Å². The van der Waals surface area contributed by atoms with E-state index in [1.807, 2.05) is 0 Å². The van der Waals surface area contributed by atoms with Gasteiger partial charge in [-0.1, -0.05) is 0 Å². The summed E-state index contributed by atoms with van der Waals surface area (Å²) in [6.45, 7) is 0.862. The number of aromatic amines is 1. The number of hydrogen-bond acceptors (Lipinski definition) is 5. The van der Waals surface area contributed by atoms with Crippen LogP contribution in [0.5, 0.6) is 5.75 Å². The van der Waals surface area contributed by atoms with Crippen molar-refractivity contribution in [1.29, 1.82) is 0 Å². The molecular formula is C13H13N3O4. The lowest BCUT2D eigenvalue weighted by Gasteiger charge is -2.21. The molecule has 0 saturated carbocycles. The molecule has 1 aliphatic rings. The summed E-state index contributed by atoms with van der Waals surface area (Å²) in [6.07, 6.45) is 1.44. The first-order valence-corrected chi connectivity index (χ1v) is 6.05. The zero-order chi connectivity index (χ0) is 14.1. The molecule has 2 heterocycles. The van der Waals surface area contributed by atoms with Crippen LogP contribution in [0.15, 0.2) is 34.0 Å². The van der Waals surface area contributed by atoms with E-state index in [0.717, 1.165) is 11.1 Å². The second-order valence-electron chi connectivity index (χ2n) is 4.52. The van der Waals surface area contributed by atoms with Crippen LogP contribution >= 0.6 is 0 Å². The average molecular weight is 275 g/mol. The number of anilines is 1. The molecule has 0 fully saturated rings. The molecule has 0 amide bonds. The smallest absolute Gasteiger partial charge is 0.328 e. The SMILES string of the molecule is Nc1cc2c(c(Cn3ccc(=O)[nH]c3=O)c1)OCOC2. The number of ether oxygens (including phenoxy) is 2.